The van der Waals surface area contributed by atoms with Crippen LogP contribution in [0.5, 0.6) is 0 Å². The third-order valence-electron chi connectivity index (χ3n) is 3.84. The lowest BCUT2D eigenvalue weighted by molar-refractivity contribution is -0.119. The molecule has 0 radical (unpaired) electrons. The third kappa shape index (κ3) is 7.62. The first-order valence-electron chi connectivity index (χ1n) is 8.60. The highest BCUT2D eigenvalue weighted by Gasteiger charge is 2.10. The number of carbonyl (C=O) groups excluding carboxylic acids is 1. The van der Waals surface area contributed by atoms with Crippen molar-refractivity contribution in [2.75, 3.05) is 38.3 Å². The molecule has 6 nitrogen and oxygen atoms in total. The number of rotatable bonds is 10. The Labute approximate surface area is 165 Å². The van der Waals surface area contributed by atoms with Crippen LogP contribution >= 0.6 is 11.8 Å². The fourth-order valence-corrected chi connectivity index (χ4v) is 3.66. The largest absolute Gasteiger partial charge is 0.375 e. The molecule has 2 N–H and O–H groups in total. The molecule has 2 aromatic rings. The molecular formula is C19H25N3O3S2. The maximum absolute atomic E-state index is 12.0. The molecule has 0 fully saturated rings. The van der Waals surface area contributed by atoms with E-state index in [0.29, 0.717) is 19.5 Å². The Hall–Kier alpha value is -2.03. The average molecular weight is 408 g/mol. The van der Waals surface area contributed by atoms with Crippen LogP contribution < -0.4 is 10.6 Å². The topological polar surface area (TPSA) is 78.5 Å². The van der Waals surface area contributed by atoms with Crippen LogP contribution in [-0.4, -0.2) is 51.6 Å². The summed E-state index contributed by atoms with van der Waals surface area (Å²) in [5.74, 6) is -0.128. The molecule has 1 amide bonds. The highest BCUT2D eigenvalue weighted by Crippen LogP contribution is 2.32. The number of hydrogen-bond acceptors (Lipinski definition) is 5. The first-order valence-corrected chi connectivity index (χ1v) is 11.3. The second-order valence-electron chi connectivity index (χ2n) is 6.05. The number of nitrogens with zero attached hydrogens (tertiary/aromatic N) is 1. The van der Waals surface area contributed by atoms with Gasteiger partial charge < -0.3 is 10.6 Å². The van der Waals surface area contributed by atoms with Gasteiger partial charge in [0.05, 0.1) is 12.8 Å². The van der Waals surface area contributed by atoms with Crippen molar-refractivity contribution in [3.8, 4) is 0 Å². The number of sulfonamides is 1. The van der Waals surface area contributed by atoms with Crippen LogP contribution in [0.4, 0.5) is 5.69 Å². The zero-order chi connectivity index (χ0) is 19.7. The van der Waals surface area contributed by atoms with Gasteiger partial charge in [-0.3, -0.25) is 4.79 Å². The van der Waals surface area contributed by atoms with Crippen LogP contribution in [0.15, 0.2) is 64.4 Å². The van der Waals surface area contributed by atoms with E-state index in [2.05, 4.69) is 10.6 Å². The summed E-state index contributed by atoms with van der Waals surface area (Å²) in [5.41, 5.74) is 0.901. The monoisotopic (exact) mass is 407 g/mol. The Kier molecular flexibility index (Phi) is 8.15. The number of anilines is 1. The maximum atomic E-state index is 12.0. The van der Waals surface area contributed by atoms with Crippen molar-refractivity contribution in [3.63, 3.8) is 0 Å². The van der Waals surface area contributed by atoms with Crippen molar-refractivity contribution in [1.82, 2.24) is 9.62 Å². The van der Waals surface area contributed by atoms with Gasteiger partial charge in [-0.25, -0.2) is 12.7 Å². The molecule has 0 saturated carbocycles. The van der Waals surface area contributed by atoms with Crippen molar-refractivity contribution in [2.24, 2.45) is 0 Å². The molecule has 0 atom stereocenters. The molecule has 0 aliphatic rings. The zero-order valence-corrected chi connectivity index (χ0v) is 17.1. The summed E-state index contributed by atoms with van der Waals surface area (Å²) in [6.45, 7) is 0.970. The lowest BCUT2D eigenvalue weighted by Crippen LogP contribution is -2.33. The van der Waals surface area contributed by atoms with E-state index in [0.717, 1.165) is 15.5 Å². The van der Waals surface area contributed by atoms with Crippen LogP contribution in [0.25, 0.3) is 0 Å². The minimum Gasteiger partial charge on any atom is -0.375 e. The molecule has 8 heteroatoms. The summed E-state index contributed by atoms with van der Waals surface area (Å²) in [6, 6.07) is 17.9. The van der Waals surface area contributed by atoms with Crippen molar-refractivity contribution in [3.05, 3.63) is 54.6 Å². The van der Waals surface area contributed by atoms with Crippen LogP contribution in [-0.2, 0) is 14.8 Å². The number of benzene rings is 2. The summed E-state index contributed by atoms with van der Waals surface area (Å²) in [7, 11) is -1.65. The second-order valence-corrected chi connectivity index (χ2v) is 9.26. The molecule has 27 heavy (non-hydrogen) atoms. The standard InChI is InChI=1S/C19H25N3O3S2/c1-22(27(2,24)25)14-8-13-20-19(23)15-21-17-11-6-7-12-18(17)26-16-9-4-3-5-10-16/h3-7,9-12,21H,8,13-15H2,1-2H3,(H,20,23). The Morgan fingerprint density at radius 3 is 2.44 bits per heavy atom. The first-order chi connectivity index (χ1) is 12.9. The van der Waals surface area contributed by atoms with E-state index in [-0.39, 0.29) is 12.5 Å². The molecule has 0 spiro atoms. The number of carbonyl (C=O) groups is 1. The molecule has 0 bridgehead atoms. The molecule has 0 unspecified atom stereocenters. The molecule has 2 aromatic carbocycles. The Morgan fingerprint density at radius 1 is 1.07 bits per heavy atom. The molecule has 2 rings (SSSR count). The molecular weight excluding hydrogens is 382 g/mol. The lowest BCUT2D eigenvalue weighted by Gasteiger charge is -2.14. The maximum Gasteiger partial charge on any atom is 0.239 e. The Balaban J connectivity index is 1.78. The van der Waals surface area contributed by atoms with Gasteiger partial charge in [0, 0.05) is 35.6 Å². The van der Waals surface area contributed by atoms with E-state index in [1.807, 2.05) is 54.6 Å². The molecule has 146 valence electrons. The number of amides is 1. The Bertz CT molecular complexity index is 842. The van der Waals surface area contributed by atoms with Crippen LogP contribution in [0.2, 0.25) is 0 Å². The quantitative estimate of drug-likeness (QED) is 0.592. The lowest BCUT2D eigenvalue weighted by atomic mass is 10.3. The fourth-order valence-electron chi connectivity index (χ4n) is 2.25. The van der Waals surface area contributed by atoms with Crippen molar-refractivity contribution >= 4 is 33.4 Å². The Morgan fingerprint density at radius 2 is 1.74 bits per heavy atom. The van der Waals surface area contributed by atoms with Gasteiger partial charge in [-0.1, -0.05) is 42.1 Å². The molecule has 0 aromatic heterocycles. The smallest absolute Gasteiger partial charge is 0.239 e. The second kappa shape index (κ2) is 10.3. The highest BCUT2D eigenvalue weighted by molar-refractivity contribution is 7.99. The molecule has 0 heterocycles. The summed E-state index contributed by atoms with van der Waals surface area (Å²) < 4.78 is 23.9. The van der Waals surface area contributed by atoms with Gasteiger partial charge in [0.15, 0.2) is 0 Å². The minimum absolute atomic E-state index is 0.128. The van der Waals surface area contributed by atoms with Crippen molar-refractivity contribution in [1.29, 1.82) is 0 Å². The normalized spacial score (nSPS) is 11.4. The van der Waals surface area contributed by atoms with E-state index in [9.17, 15) is 13.2 Å². The van der Waals surface area contributed by atoms with E-state index in [1.165, 1.54) is 17.6 Å². The van der Waals surface area contributed by atoms with Crippen molar-refractivity contribution in [2.45, 2.75) is 16.2 Å². The number of para-hydroxylation sites is 1. The molecule has 0 saturated heterocycles. The van der Waals surface area contributed by atoms with Gasteiger partial charge in [0.2, 0.25) is 15.9 Å². The van der Waals surface area contributed by atoms with E-state index in [4.69, 9.17) is 0 Å². The van der Waals surface area contributed by atoms with E-state index < -0.39 is 10.0 Å². The van der Waals surface area contributed by atoms with Gasteiger partial charge in [0.1, 0.15) is 0 Å². The van der Waals surface area contributed by atoms with Gasteiger partial charge in [-0.05, 0) is 30.7 Å². The minimum atomic E-state index is -3.17. The van der Waals surface area contributed by atoms with Gasteiger partial charge in [-0.15, -0.1) is 0 Å². The zero-order valence-electron chi connectivity index (χ0n) is 15.5. The predicted molar refractivity (Wildman–Crippen MR) is 111 cm³/mol. The summed E-state index contributed by atoms with van der Waals surface area (Å²) in [4.78, 5) is 14.2. The van der Waals surface area contributed by atoms with Gasteiger partial charge in [-0.2, -0.15) is 0 Å². The first kappa shape index (κ1) is 21.3. The van der Waals surface area contributed by atoms with E-state index in [1.54, 1.807) is 11.8 Å². The number of nitrogens with one attached hydrogen (secondary N) is 2. The van der Waals surface area contributed by atoms with Crippen molar-refractivity contribution < 1.29 is 13.2 Å². The summed E-state index contributed by atoms with van der Waals surface area (Å²) in [5, 5.41) is 5.97. The van der Waals surface area contributed by atoms with Gasteiger partial charge in [0.25, 0.3) is 0 Å². The fraction of sp³-hybridized carbons (Fsp3) is 0.316. The molecule has 0 aliphatic carbocycles. The summed E-state index contributed by atoms with van der Waals surface area (Å²) >= 11 is 1.64. The van der Waals surface area contributed by atoms with Crippen LogP contribution in [0.3, 0.4) is 0 Å². The van der Waals surface area contributed by atoms with Gasteiger partial charge >= 0.3 is 0 Å². The SMILES string of the molecule is CN(CCCNC(=O)CNc1ccccc1Sc1ccccc1)S(C)(=O)=O. The number of hydrogen-bond donors (Lipinski definition) is 2. The predicted octanol–water partition coefficient (Wildman–Crippen LogP) is 2.65. The van der Waals surface area contributed by atoms with Crippen LogP contribution in [0, 0.1) is 0 Å². The third-order valence-corrected chi connectivity index (χ3v) is 6.23. The molecule has 0 aliphatic heterocycles. The van der Waals surface area contributed by atoms with Crippen LogP contribution in [0.1, 0.15) is 6.42 Å². The summed E-state index contributed by atoms with van der Waals surface area (Å²) in [6.07, 6.45) is 1.73. The van der Waals surface area contributed by atoms with E-state index >= 15 is 0 Å². The highest BCUT2D eigenvalue weighted by atomic mass is 32.2. The average Bonchev–Trinajstić information content (AvgIpc) is 2.64.